The fourth-order valence-electron chi connectivity index (χ4n) is 2.59. The van der Waals surface area contributed by atoms with Crippen molar-refractivity contribution in [1.29, 1.82) is 0 Å². The average molecular weight is 267 g/mol. The first-order valence-electron chi connectivity index (χ1n) is 6.98. The summed E-state index contributed by atoms with van der Waals surface area (Å²) in [5, 5.41) is 4.37. The van der Waals surface area contributed by atoms with Crippen LogP contribution in [0.4, 0.5) is 0 Å². The standard InChI is InChI=1S/C15H23ClN2/c1-2-17-15-8-11-18(12-9-15)10-7-13-3-5-14(16)6-4-13/h3-6,15,17H,2,7-12H2,1H3. The number of piperidine rings is 1. The number of benzene rings is 1. The summed E-state index contributed by atoms with van der Waals surface area (Å²) in [6.07, 6.45) is 3.70. The minimum absolute atomic E-state index is 0.738. The van der Waals surface area contributed by atoms with Crippen LogP contribution in [-0.4, -0.2) is 37.1 Å². The highest BCUT2D eigenvalue weighted by Gasteiger charge is 2.17. The lowest BCUT2D eigenvalue weighted by Crippen LogP contribution is -2.43. The number of nitrogens with one attached hydrogen (secondary N) is 1. The van der Waals surface area contributed by atoms with Crippen molar-refractivity contribution >= 4 is 11.6 Å². The minimum atomic E-state index is 0.738. The Kier molecular flexibility index (Phi) is 5.48. The summed E-state index contributed by atoms with van der Waals surface area (Å²) in [6.45, 7) is 6.90. The number of hydrogen-bond donors (Lipinski definition) is 1. The predicted octanol–water partition coefficient (Wildman–Crippen LogP) is 2.96. The number of halogens is 1. The summed E-state index contributed by atoms with van der Waals surface area (Å²) in [5.41, 5.74) is 1.38. The summed E-state index contributed by atoms with van der Waals surface area (Å²) < 4.78 is 0. The second kappa shape index (κ2) is 7.13. The number of likely N-dealkylation sites (tertiary alicyclic amines) is 1. The molecule has 2 nitrogen and oxygen atoms in total. The van der Waals surface area contributed by atoms with Gasteiger partial charge < -0.3 is 10.2 Å². The maximum atomic E-state index is 5.89. The van der Waals surface area contributed by atoms with Crippen molar-refractivity contribution in [3.63, 3.8) is 0 Å². The molecule has 1 aliphatic heterocycles. The van der Waals surface area contributed by atoms with Gasteiger partial charge in [0.1, 0.15) is 0 Å². The van der Waals surface area contributed by atoms with Crippen LogP contribution in [0.15, 0.2) is 24.3 Å². The van der Waals surface area contributed by atoms with Gasteiger partial charge in [-0.25, -0.2) is 0 Å². The Morgan fingerprint density at radius 2 is 1.89 bits per heavy atom. The maximum absolute atomic E-state index is 5.89. The quantitative estimate of drug-likeness (QED) is 0.882. The van der Waals surface area contributed by atoms with Crippen molar-refractivity contribution in [3.05, 3.63) is 34.9 Å². The highest BCUT2D eigenvalue weighted by Crippen LogP contribution is 2.13. The van der Waals surface area contributed by atoms with Gasteiger partial charge in [-0.1, -0.05) is 30.7 Å². The summed E-state index contributed by atoms with van der Waals surface area (Å²) >= 11 is 5.89. The molecule has 0 spiro atoms. The fraction of sp³-hybridized carbons (Fsp3) is 0.600. The van der Waals surface area contributed by atoms with Crippen molar-refractivity contribution in [2.24, 2.45) is 0 Å². The molecule has 1 aromatic carbocycles. The molecule has 1 fully saturated rings. The zero-order valence-electron chi connectivity index (χ0n) is 11.2. The molecule has 0 amide bonds. The molecular weight excluding hydrogens is 244 g/mol. The molecule has 0 aromatic heterocycles. The lowest BCUT2D eigenvalue weighted by Gasteiger charge is -2.32. The monoisotopic (exact) mass is 266 g/mol. The second-order valence-electron chi connectivity index (χ2n) is 5.05. The SMILES string of the molecule is CCNC1CCN(CCc2ccc(Cl)cc2)CC1. The van der Waals surface area contributed by atoms with Gasteiger partial charge in [-0.3, -0.25) is 0 Å². The molecule has 0 unspecified atom stereocenters. The average Bonchev–Trinajstić information content (AvgIpc) is 2.40. The van der Waals surface area contributed by atoms with E-state index in [2.05, 4.69) is 29.3 Å². The summed E-state index contributed by atoms with van der Waals surface area (Å²) in [5.74, 6) is 0. The molecule has 0 saturated carbocycles. The third-order valence-electron chi connectivity index (χ3n) is 3.71. The largest absolute Gasteiger partial charge is 0.314 e. The molecule has 0 radical (unpaired) electrons. The van der Waals surface area contributed by atoms with Crippen molar-refractivity contribution in [3.8, 4) is 0 Å². The molecule has 2 rings (SSSR count). The molecule has 1 N–H and O–H groups in total. The van der Waals surface area contributed by atoms with Crippen LogP contribution in [0.3, 0.4) is 0 Å². The van der Waals surface area contributed by atoms with E-state index in [0.717, 1.165) is 24.0 Å². The van der Waals surface area contributed by atoms with E-state index < -0.39 is 0 Å². The van der Waals surface area contributed by atoms with Crippen molar-refractivity contribution in [1.82, 2.24) is 10.2 Å². The third-order valence-corrected chi connectivity index (χ3v) is 3.96. The van der Waals surface area contributed by atoms with E-state index in [-0.39, 0.29) is 0 Å². The highest BCUT2D eigenvalue weighted by molar-refractivity contribution is 6.30. The Morgan fingerprint density at radius 1 is 1.22 bits per heavy atom. The van der Waals surface area contributed by atoms with Gasteiger partial charge in [-0.05, 0) is 56.6 Å². The fourth-order valence-corrected chi connectivity index (χ4v) is 2.71. The van der Waals surface area contributed by atoms with E-state index in [9.17, 15) is 0 Å². The smallest absolute Gasteiger partial charge is 0.0406 e. The van der Waals surface area contributed by atoms with E-state index in [4.69, 9.17) is 11.6 Å². The molecule has 0 bridgehead atoms. The van der Waals surface area contributed by atoms with Crippen LogP contribution in [0, 0.1) is 0 Å². The van der Waals surface area contributed by atoms with Gasteiger partial charge in [0.2, 0.25) is 0 Å². The number of rotatable bonds is 5. The first-order chi connectivity index (χ1) is 8.78. The van der Waals surface area contributed by atoms with Gasteiger partial charge in [0.15, 0.2) is 0 Å². The van der Waals surface area contributed by atoms with Crippen LogP contribution in [0.25, 0.3) is 0 Å². The second-order valence-corrected chi connectivity index (χ2v) is 5.49. The Hall–Kier alpha value is -0.570. The van der Waals surface area contributed by atoms with Crippen LogP contribution >= 0.6 is 11.6 Å². The van der Waals surface area contributed by atoms with E-state index >= 15 is 0 Å². The first kappa shape index (κ1) is 13.9. The molecule has 1 heterocycles. The van der Waals surface area contributed by atoms with E-state index in [1.807, 2.05) is 12.1 Å². The molecular formula is C15H23ClN2. The van der Waals surface area contributed by atoms with Crippen LogP contribution in [0.5, 0.6) is 0 Å². The van der Waals surface area contributed by atoms with E-state index in [1.54, 1.807) is 0 Å². The van der Waals surface area contributed by atoms with E-state index in [1.165, 1.54) is 38.0 Å². The van der Waals surface area contributed by atoms with Crippen LogP contribution in [-0.2, 0) is 6.42 Å². The Morgan fingerprint density at radius 3 is 2.50 bits per heavy atom. The lowest BCUT2D eigenvalue weighted by molar-refractivity contribution is 0.201. The molecule has 1 aliphatic rings. The molecule has 1 aromatic rings. The van der Waals surface area contributed by atoms with Gasteiger partial charge in [0.05, 0.1) is 0 Å². The van der Waals surface area contributed by atoms with Crippen LogP contribution in [0.1, 0.15) is 25.3 Å². The van der Waals surface area contributed by atoms with E-state index in [0.29, 0.717) is 0 Å². The summed E-state index contributed by atoms with van der Waals surface area (Å²) in [6, 6.07) is 8.96. The van der Waals surface area contributed by atoms with Gasteiger partial charge in [0.25, 0.3) is 0 Å². The lowest BCUT2D eigenvalue weighted by atomic mass is 10.0. The first-order valence-corrected chi connectivity index (χ1v) is 7.36. The van der Waals surface area contributed by atoms with Crippen molar-refractivity contribution < 1.29 is 0 Å². The third kappa shape index (κ3) is 4.27. The zero-order chi connectivity index (χ0) is 12.8. The molecule has 0 aliphatic carbocycles. The Balaban J connectivity index is 1.70. The van der Waals surface area contributed by atoms with Crippen LogP contribution < -0.4 is 5.32 Å². The van der Waals surface area contributed by atoms with Crippen molar-refractivity contribution in [2.75, 3.05) is 26.2 Å². The predicted molar refractivity (Wildman–Crippen MR) is 78.3 cm³/mol. The zero-order valence-corrected chi connectivity index (χ0v) is 11.9. The van der Waals surface area contributed by atoms with Gasteiger partial charge in [-0.15, -0.1) is 0 Å². The Bertz CT molecular complexity index is 342. The van der Waals surface area contributed by atoms with Gasteiger partial charge >= 0.3 is 0 Å². The summed E-state index contributed by atoms with van der Waals surface area (Å²) in [7, 11) is 0. The molecule has 3 heteroatoms. The molecule has 18 heavy (non-hydrogen) atoms. The topological polar surface area (TPSA) is 15.3 Å². The van der Waals surface area contributed by atoms with Gasteiger partial charge in [0, 0.05) is 17.6 Å². The van der Waals surface area contributed by atoms with Crippen LogP contribution in [0.2, 0.25) is 5.02 Å². The van der Waals surface area contributed by atoms with Gasteiger partial charge in [-0.2, -0.15) is 0 Å². The molecule has 0 atom stereocenters. The molecule has 100 valence electrons. The number of nitrogens with zero attached hydrogens (tertiary/aromatic N) is 1. The molecule has 1 saturated heterocycles. The Labute approximate surface area is 115 Å². The van der Waals surface area contributed by atoms with Crippen molar-refractivity contribution in [2.45, 2.75) is 32.2 Å². The maximum Gasteiger partial charge on any atom is 0.0406 e. The minimum Gasteiger partial charge on any atom is -0.314 e. The number of hydrogen-bond acceptors (Lipinski definition) is 2. The summed E-state index contributed by atoms with van der Waals surface area (Å²) in [4.78, 5) is 2.57. The normalized spacial score (nSPS) is 18.1. The highest BCUT2D eigenvalue weighted by atomic mass is 35.5.